The van der Waals surface area contributed by atoms with Crippen LogP contribution in [-0.4, -0.2) is 14.2 Å². The average molecular weight is 333 g/mol. The van der Waals surface area contributed by atoms with E-state index in [4.69, 9.17) is 32.7 Å². The summed E-state index contributed by atoms with van der Waals surface area (Å²) in [4.78, 5) is 0. The van der Waals surface area contributed by atoms with Gasteiger partial charge in [0.25, 0.3) is 0 Å². The van der Waals surface area contributed by atoms with Gasteiger partial charge in [-0.3, -0.25) is 0 Å². The molecule has 0 bridgehead atoms. The molecule has 0 heterocycles. The molecule has 0 radical (unpaired) electrons. The molecule has 0 aliphatic carbocycles. The highest BCUT2D eigenvalue weighted by atomic mass is 35.5. The van der Waals surface area contributed by atoms with Gasteiger partial charge in [0.1, 0.15) is 11.5 Å². The van der Waals surface area contributed by atoms with Crippen molar-refractivity contribution in [1.29, 1.82) is 0 Å². The molecule has 3 aromatic carbocycles. The molecule has 0 saturated carbocycles. The Morgan fingerprint density at radius 1 is 0.682 bits per heavy atom. The van der Waals surface area contributed by atoms with Crippen LogP contribution in [0.15, 0.2) is 48.5 Å². The summed E-state index contributed by atoms with van der Waals surface area (Å²) in [7, 11) is 3.24. The Kier molecular flexibility index (Phi) is 4.14. The van der Waals surface area contributed by atoms with Gasteiger partial charge in [0.2, 0.25) is 0 Å². The minimum atomic E-state index is 0.572. The second-order valence-corrected chi connectivity index (χ2v) is 5.59. The third kappa shape index (κ3) is 2.49. The van der Waals surface area contributed by atoms with E-state index in [9.17, 15) is 0 Å². The van der Waals surface area contributed by atoms with Crippen LogP contribution in [-0.2, 0) is 0 Å². The number of rotatable bonds is 3. The molecule has 0 N–H and O–H groups in total. The first-order chi connectivity index (χ1) is 10.7. The maximum atomic E-state index is 6.59. The van der Waals surface area contributed by atoms with Crippen LogP contribution in [0, 0.1) is 0 Å². The molecule has 2 nitrogen and oxygen atoms in total. The molecule has 0 saturated heterocycles. The Morgan fingerprint density at radius 2 is 1.32 bits per heavy atom. The van der Waals surface area contributed by atoms with Crippen LogP contribution >= 0.6 is 23.2 Å². The Labute approximate surface area is 139 Å². The number of benzene rings is 3. The second-order valence-electron chi connectivity index (χ2n) is 4.83. The first kappa shape index (κ1) is 15.0. The highest BCUT2D eigenvalue weighted by Gasteiger charge is 2.12. The van der Waals surface area contributed by atoms with E-state index < -0.39 is 0 Å². The van der Waals surface area contributed by atoms with Crippen LogP contribution in [0.3, 0.4) is 0 Å². The van der Waals surface area contributed by atoms with Crippen molar-refractivity contribution in [3.8, 4) is 22.6 Å². The standard InChI is InChI=1S/C18H14Cl2O2/c1-21-12-5-3-11(4-6-12)13-7-8-15-14(17(13)19)9-10-16(22-2)18(15)20/h3-10H,1-2H3. The number of hydrogen-bond acceptors (Lipinski definition) is 2. The van der Waals surface area contributed by atoms with Crippen LogP contribution in [0.5, 0.6) is 11.5 Å². The monoisotopic (exact) mass is 332 g/mol. The van der Waals surface area contributed by atoms with Crippen molar-refractivity contribution in [2.75, 3.05) is 14.2 Å². The number of fused-ring (bicyclic) bond motifs is 1. The zero-order valence-corrected chi connectivity index (χ0v) is 13.7. The third-order valence-electron chi connectivity index (χ3n) is 3.65. The summed E-state index contributed by atoms with van der Waals surface area (Å²) in [6, 6.07) is 15.5. The van der Waals surface area contributed by atoms with E-state index in [0.717, 1.165) is 27.6 Å². The fraction of sp³-hybridized carbons (Fsp3) is 0.111. The maximum absolute atomic E-state index is 6.59. The van der Waals surface area contributed by atoms with E-state index in [0.29, 0.717) is 15.8 Å². The summed E-state index contributed by atoms with van der Waals surface area (Å²) in [5, 5.41) is 3.03. The van der Waals surface area contributed by atoms with Crippen LogP contribution in [0.2, 0.25) is 10.0 Å². The van der Waals surface area contributed by atoms with Gasteiger partial charge in [-0.2, -0.15) is 0 Å². The minimum absolute atomic E-state index is 0.572. The van der Waals surface area contributed by atoms with Crippen molar-refractivity contribution in [1.82, 2.24) is 0 Å². The fourth-order valence-electron chi connectivity index (χ4n) is 2.46. The van der Waals surface area contributed by atoms with Crippen LogP contribution in [0.25, 0.3) is 21.9 Å². The zero-order valence-electron chi connectivity index (χ0n) is 12.2. The molecule has 0 fully saturated rings. The molecule has 0 spiro atoms. The first-order valence-corrected chi connectivity index (χ1v) is 7.50. The van der Waals surface area contributed by atoms with E-state index in [-0.39, 0.29) is 0 Å². The maximum Gasteiger partial charge on any atom is 0.138 e. The van der Waals surface area contributed by atoms with Gasteiger partial charge >= 0.3 is 0 Å². The Morgan fingerprint density at radius 3 is 1.95 bits per heavy atom. The largest absolute Gasteiger partial charge is 0.497 e. The molecule has 0 aliphatic heterocycles. The molecular weight excluding hydrogens is 319 g/mol. The molecule has 0 amide bonds. The van der Waals surface area contributed by atoms with Gasteiger partial charge in [-0.15, -0.1) is 0 Å². The third-order valence-corrected chi connectivity index (χ3v) is 4.45. The summed E-state index contributed by atoms with van der Waals surface area (Å²) in [6.45, 7) is 0. The van der Waals surface area contributed by atoms with Crippen molar-refractivity contribution >= 4 is 34.0 Å². The van der Waals surface area contributed by atoms with Crippen LogP contribution < -0.4 is 9.47 Å². The molecule has 0 atom stereocenters. The predicted molar refractivity (Wildman–Crippen MR) is 92.5 cm³/mol. The SMILES string of the molecule is COc1ccc(-c2ccc3c(Cl)c(OC)ccc3c2Cl)cc1. The van der Waals surface area contributed by atoms with Gasteiger partial charge in [-0.05, 0) is 29.8 Å². The van der Waals surface area contributed by atoms with Crippen LogP contribution in [0.1, 0.15) is 0 Å². The van der Waals surface area contributed by atoms with Crippen molar-refractivity contribution in [3.05, 3.63) is 58.6 Å². The lowest BCUT2D eigenvalue weighted by molar-refractivity contribution is 0.415. The zero-order chi connectivity index (χ0) is 15.7. The number of hydrogen-bond donors (Lipinski definition) is 0. The second kappa shape index (κ2) is 6.07. The quantitative estimate of drug-likeness (QED) is 0.600. The lowest BCUT2D eigenvalue weighted by Gasteiger charge is -2.11. The van der Waals surface area contributed by atoms with Gasteiger partial charge < -0.3 is 9.47 Å². The van der Waals surface area contributed by atoms with Gasteiger partial charge in [0.05, 0.1) is 24.3 Å². The molecule has 0 unspecified atom stereocenters. The summed E-state index contributed by atoms with van der Waals surface area (Å²) < 4.78 is 10.4. The number of methoxy groups -OCH3 is 2. The summed E-state index contributed by atoms with van der Waals surface area (Å²) in [5.74, 6) is 1.45. The summed E-state index contributed by atoms with van der Waals surface area (Å²) in [5.41, 5.74) is 1.98. The van der Waals surface area contributed by atoms with Gasteiger partial charge in [-0.1, -0.05) is 47.5 Å². The molecule has 4 heteroatoms. The van der Waals surface area contributed by atoms with Crippen molar-refractivity contribution < 1.29 is 9.47 Å². The number of ether oxygens (including phenoxy) is 2. The Bertz CT molecular complexity index is 827. The van der Waals surface area contributed by atoms with E-state index in [2.05, 4.69) is 0 Å². The minimum Gasteiger partial charge on any atom is -0.497 e. The van der Waals surface area contributed by atoms with Crippen molar-refractivity contribution in [2.24, 2.45) is 0 Å². The fourth-order valence-corrected chi connectivity index (χ4v) is 3.11. The smallest absolute Gasteiger partial charge is 0.138 e. The molecule has 0 aliphatic rings. The first-order valence-electron chi connectivity index (χ1n) is 6.75. The highest BCUT2D eigenvalue weighted by molar-refractivity contribution is 6.42. The van der Waals surface area contributed by atoms with E-state index in [1.54, 1.807) is 14.2 Å². The molecule has 3 rings (SSSR count). The normalized spacial score (nSPS) is 10.7. The van der Waals surface area contributed by atoms with Crippen molar-refractivity contribution in [2.45, 2.75) is 0 Å². The molecule has 0 aromatic heterocycles. The average Bonchev–Trinajstić information content (AvgIpc) is 2.56. The number of halogens is 2. The predicted octanol–water partition coefficient (Wildman–Crippen LogP) is 5.83. The Balaban J connectivity index is 2.17. The molecule has 112 valence electrons. The summed E-state index contributed by atoms with van der Waals surface area (Å²) in [6.07, 6.45) is 0. The van der Waals surface area contributed by atoms with E-state index >= 15 is 0 Å². The topological polar surface area (TPSA) is 18.5 Å². The Hall–Kier alpha value is -1.90. The summed E-state index contributed by atoms with van der Waals surface area (Å²) >= 11 is 12.9. The lowest BCUT2D eigenvalue weighted by atomic mass is 10.0. The van der Waals surface area contributed by atoms with Gasteiger partial charge in [0, 0.05) is 16.3 Å². The van der Waals surface area contributed by atoms with E-state index in [1.165, 1.54) is 0 Å². The molecular formula is C18H14Cl2O2. The highest BCUT2D eigenvalue weighted by Crippen LogP contribution is 2.40. The molecule has 22 heavy (non-hydrogen) atoms. The van der Waals surface area contributed by atoms with Crippen LogP contribution in [0.4, 0.5) is 0 Å². The lowest BCUT2D eigenvalue weighted by Crippen LogP contribution is -1.88. The van der Waals surface area contributed by atoms with Gasteiger partial charge in [-0.25, -0.2) is 0 Å². The molecule has 3 aromatic rings. The van der Waals surface area contributed by atoms with Crippen molar-refractivity contribution in [3.63, 3.8) is 0 Å². The van der Waals surface area contributed by atoms with E-state index in [1.807, 2.05) is 48.5 Å². The van der Waals surface area contributed by atoms with Gasteiger partial charge in [0.15, 0.2) is 0 Å².